The van der Waals surface area contributed by atoms with Crippen LogP contribution in [-0.2, 0) is 9.53 Å². The first-order chi connectivity index (χ1) is 14.1. The van der Waals surface area contributed by atoms with Crippen molar-refractivity contribution in [2.45, 2.75) is 58.3 Å². The van der Waals surface area contributed by atoms with Gasteiger partial charge < -0.3 is 19.0 Å². The first-order valence-corrected chi connectivity index (χ1v) is 10.6. The smallest absolute Gasteiger partial charge is 0.336 e. The number of aliphatic hydroxyl groups excluding tert-OH is 1. The van der Waals surface area contributed by atoms with Crippen molar-refractivity contribution < 1.29 is 23.8 Å². The maximum Gasteiger partial charge on any atom is 0.336 e. The van der Waals surface area contributed by atoms with Gasteiger partial charge in [-0.25, -0.2) is 4.79 Å². The van der Waals surface area contributed by atoms with Crippen LogP contribution in [0, 0.1) is 5.92 Å². The molecule has 29 heavy (non-hydrogen) atoms. The van der Waals surface area contributed by atoms with Crippen molar-refractivity contribution >= 4 is 16.9 Å². The van der Waals surface area contributed by atoms with E-state index in [0.717, 1.165) is 63.4 Å². The maximum absolute atomic E-state index is 12.6. The molecule has 0 radical (unpaired) electrons. The van der Waals surface area contributed by atoms with Gasteiger partial charge in [0.2, 0.25) is 0 Å². The molecule has 1 unspecified atom stereocenters. The summed E-state index contributed by atoms with van der Waals surface area (Å²) >= 11 is 0. The van der Waals surface area contributed by atoms with Crippen LogP contribution < -0.4 is 10.4 Å². The summed E-state index contributed by atoms with van der Waals surface area (Å²) < 4.78 is 16.3. The van der Waals surface area contributed by atoms with Crippen molar-refractivity contribution in [3.8, 4) is 5.75 Å². The van der Waals surface area contributed by atoms with Crippen LogP contribution in [0.25, 0.3) is 11.0 Å². The van der Waals surface area contributed by atoms with Crippen LogP contribution in [0.3, 0.4) is 0 Å². The Kier molecular flexibility index (Phi) is 10.5. The number of carbonyl (C=O) groups is 1. The molecule has 0 aliphatic carbocycles. The van der Waals surface area contributed by atoms with Crippen molar-refractivity contribution in [3.63, 3.8) is 0 Å². The fourth-order valence-electron chi connectivity index (χ4n) is 3.24. The van der Waals surface area contributed by atoms with E-state index in [9.17, 15) is 9.59 Å². The van der Waals surface area contributed by atoms with Crippen LogP contribution in [0.15, 0.2) is 39.5 Å². The molecule has 0 amide bonds. The Bertz CT molecular complexity index is 797. The molecule has 0 fully saturated rings. The molecule has 0 bridgehead atoms. The van der Waals surface area contributed by atoms with E-state index in [-0.39, 0.29) is 18.5 Å². The van der Waals surface area contributed by atoms with Crippen LogP contribution in [0.1, 0.15) is 58.3 Å². The molecule has 1 heterocycles. The van der Waals surface area contributed by atoms with Crippen LogP contribution in [0.2, 0.25) is 0 Å². The van der Waals surface area contributed by atoms with Gasteiger partial charge in [0.05, 0.1) is 5.92 Å². The average molecular weight is 405 g/mol. The van der Waals surface area contributed by atoms with Gasteiger partial charge in [0.1, 0.15) is 11.3 Å². The van der Waals surface area contributed by atoms with Gasteiger partial charge in [-0.1, -0.05) is 26.2 Å². The van der Waals surface area contributed by atoms with Crippen LogP contribution in [0.4, 0.5) is 0 Å². The number of ether oxygens (including phenoxy) is 2. The maximum atomic E-state index is 12.6. The zero-order chi connectivity index (χ0) is 20.9. The molecule has 6 nitrogen and oxygen atoms in total. The van der Waals surface area contributed by atoms with Gasteiger partial charge in [-0.05, 0) is 50.3 Å². The fraction of sp³-hybridized carbons (Fsp3) is 0.565. The van der Waals surface area contributed by atoms with Crippen molar-refractivity contribution in [2.24, 2.45) is 5.92 Å². The zero-order valence-electron chi connectivity index (χ0n) is 17.2. The first kappa shape index (κ1) is 23.1. The quantitative estimate of drug-likeness (QED) is 0.216. The molecule has 0 spiro atoms. The summed E-state index contributed by atoms with van der Waals surface area (Å²) in [4.78, 5) is 24.0. The number of aliphatic hydroxyl groups is 1. The van der Waals surface area contributed by atoms with Gasteiger partial charge in [0, 0.05) is 37.3 Å². The van der Waals surface area contributed by atoms with E-state index in [1.54, 1.807) is 24.3 Å². The van der Waals surface area contributed by atoms with Crippen LogP contribution in [0.5, 0.6) is 5.75 Å². The number of hydrogen-bond donors (Lipinski definition) is 1. The summed E-state index contributed by atoms with van der Waals surface area (Å²) in [6.07, 6.45) is 7.14. The summed E-state index contributed by atoms with van der Waals surface area (Å²) in [5.41, 5.74) is -0.0273. The highest BCUT2D eigenvalue weighted by atomic mass is 16.5. The summed E-state index contributed by atoms with van der Waals surface area (Å²) in [7, 11) is 0. The minimum Gasteiger partial charge on any atom is -0.426 e. The standard InChI is InChI=1S/C23H32O6/c1-2-8-19(9-7-16-27-15-6-4-3-5-14-24)23(26)28-20-12-10-18-11-13-22(25)29-21(18)17-20/h10-13,17,19,24H,2-9,14-16H2,1H3. The number of fused-ring (bicyclic) bond motifs is 1. The molecule has 1 N–H and O–H groups in total. The van der Waals surface area contributed by atoms with Crippen LogP contribution >= 0.6 is 0 Å². The molecular formula is C23H32O6. The molecule has 0 saturated carbocycles. The molecule has 160 valence electrons. The highest BCUT2D eigenvalue weighted by Gasteiger charge is 2.20. The first-order valence-electron chi connectivity index (χ1n) is 10.6. The third-order valence-corrected chi connectivity index (χ3v) is 4.82. The van der Waals surface area contributed by atoms with Crippen molar-refractivity contribution in [3.05, 3.63) is 40.8 Å². The van der Waals surface area contributed by atoms with Crippen LogP contribution in [-0.4, -0.2) is 30.9 Å². The Balaban J connectivity index is 1.77. The summed E-state index contributed by atoms with van der Waals surface area (Å²) in [5.74, 6) is -0.0443. The van der Waals surface area contributed by atoms with Gasteiger partial charge >= 0.3 is 11.6 Å². The van der Waals surface area contributed by atoms with E-state index in [0.29, 0.717) is 17.9 Å². The average Bonchev–Trinajstić information content (AvgIpc) is 2.71. The Morgan fingerprint density at radius 2 is 1.79 bits per heavy atom. The lowest BCUT2D eigenvalue weighted by atomic mass is 9.98. The Hall–Kier alpha value is -2.18. The number of benzene rings is 1. The lowest BCUT2D eigenvalue weighted by molar-refractivity contribution is -0.139. The zero-order valence-corrected chi connectivity index (χ0v) is 17.2. The molecule has 2 aromatic rings. The predicted molar refractivity (Wildman–Crippen MR) is 112 cm³/mol. The van der Waals surface area contributed by atoms with Gasteiger partial charge in [0.25, 0.3) is 0 Å². The molecular weight excluding hydrogens is 372 g/mol. The Morgan fingerprint density at radius 3 is 2.59 bits per heavy atom. The largest absolute Gasteiger partial charge is 0.426 e. The lowest BCUT2D eigenvalue weighted by Gasteiger charge is -2.15. The number of unbranched alkanes of at least 4 members (excludes halogenated alkanes) is 3. The number of esters is 1. The molecule has 1 atom stereocenters. The van der Waals surface area contributed by atoms with Gasteiger partial charge in [-0.2, -0.15) is 0 Å². The third kappa shape index (κ3) is 8.38. The molecule has 6 heteroatoms. The third-order valence-electron chi connectivity index (χ3n) is 4.82. The number of carbonyl (C=O) groups excluding carboxylic acids is 1. The van der Waals surface area contributed by atoms with E-state index in [1.807, 2.05) is 6.92 Å². The van der Waals surface area contributed by atoms with Crippen molar-refractivity contribution in [2.75, 3.05) is 19.8 Å². The molecule has 1 aromatic carbocycles. The highest BCUT2D eigenvalue weighted by Crippen LogP contribution is 2.22. The fourth-order valence-corrected chi connectivity index (χ4v) is 3.24. The van der Waals surface area contributed by atoms with E-state index in [4.69, 9.17) is 19.0 Å². The molecule has 0 aliphatic rings. The minimum atomic E-state index is -0.432. The molecule has 2 rings (SSSR count). The van der Waals surface area contributed by atoms with Crippen molar-refractivity contribution in [1.82, 2.24) is 0 Å². The second kappa shape index (κ2) is 13.1. The Labute approximate surface area is 171 Å². The minimum absolute atomic E-state index is 0.174. The highest BCUT2D eigenvalue weighted by molar-refractivity contribution is 5.80. The van der Waals surface area contributed by atoms with Gasteiger partial charge in [-0.3, -0.25) is 4.79 Å². The van der Waals surface area contributed by atoms with E-state index in [1.165, 1.54) is 6.07 Å². The van der Waals surface area contributed by atoms with E-state index >= 15 is 0 Å². The summed E-state index contributed by atoms with van der Waals surface area (Å²) in [6, 6.07) is 8.10. The van der Waals surface area contributed by atoms with Gasteiger partial charge in [0.15, 0.2) is 0 Å². The lowest BCUT2D eigenvalue weighted by Crippen LogP contribution is -2.21. The van der Waals surface area contributed by atoms with E-state index < -0.39 is 5.63 Å². The van der Waals surface area contributed by atoms with E-state index in [2.05, 4.69) is 0 Å². The molecule has 0 saturated heterocycles. The van der Waals surface area contributed by atoms with Gasteiger partial charge in [-0.15, -0.1) is 0 Å². The SMILES string of the molecule is CCCC(CCCOCCCCCCO)C(=O)Oc1ccc2ccc(=O)oc2c1. The Morgan fingerprint density at radius 1 is 1.03 bits per heavy atom. The van der Waals surface area contributed by atoms with Crippen molar-refractivity contribution in [1.29, 1.82) is 0 Å². The summed E-state index contributed by atoms with van der Waals surface area (Å²) in [6.45, 7) is 3.66. The normalized spacial score (nSPS) is 12.2. The molecule has 0 aliphatic heterocycles. The number of rotatable bonds is 14. The monoisotopic (exact) mass is 404 g/mol. The second-order valence-corrected chi connectivity index (χ2v) is 7.25. The second-order valence-electron chi connectivity index (χ2n) is 7.25. The topological polar surface area (TPSA) is 86.0 Å². The number of hydrogen-bond acceptors (Lipinski definition) is 6. The summed E-state index contributed by atoms with van der Waals surface area (Å²) in [5, 5.41) is 9.52. The predicted octanol–water partition coefficient (Wildman–Crippen LogP) is 4.46. The molecule has 1 aromatic heterocycles.